The number of imidazole rings is 1. The number of para-hydroxylation sites is 2. The molecule has 0 spiro atoms. The van der Waals surface area contributed by atoms with Crippen LogP contribution in [0.15, 0.2) is 24.3 Å². The number of fused-ring (bicyclic) bond motifs is 1. The van der Waals surface area contributed by atoms with Crippen LogP contribution in [-0.2, 0) is 9.53 Å². The normalized spacial score (nSPS) is 11.7. The number of ether oxygens (including phenoxy) is 1. The molecule has 0 aliphatic rings. The molecule has 1 amide bonds. The molecule has 0 aliphatic heterocycles. The fraction of sp³-hybridized carbons (Fsp3) is 0.529. The van der Waals surface area contributed by atoms with Crippen molar-refractivity contribution in [2.24, 2.45) is 0 Å². The minimum absolute atomic E-state index is 0. The third-order valence-corrected chi connectivity index (χ3v) is 3.67. The zero-order chi connectivity index (χ0) is 16.8. The molecule has 142 valence electrons. The van der Waals surface area contributed by atoms with Gasteiger partial charge in [-0.3, -0.25) is 4.79 Å². The average molecular weight is 391 g/mol. The third-order valence-electron chi connectivity index (χ3n) is 3.67. The highest BCUT2D eigenvalue weighted by atomic mass is 35.5. The molecule has 2 rings (SSSR count). The minimum Gasteiger partial charge on any atom is -0.383 e. The van der Waals surface area contributed by atoms with Crippen LogP contribution < -0.4 is 10.6 Å². The predicted octanol–water partition coefficient (Wildman–Crippen LogP) is 2.87. The molecular weight excluding hydrogens is 363 g/mol. The van der Waals surface area contributed by atoms with Gasteiger partial charge in [-0.1, -0.05) is 12.1 Å². The number of benzene rings is 1. The molecule has 1 unspecified atom stereocenters. The zero-order valence-electron chi connectivity index (χ0n) is 15.1. The van der Waals surface area contributed by atoms with E-state index in [1.165, 1.54) is 0 Å². The number of aromatic nitrogens is 2. The van der Waals surface area contributed by atoms with Crippen molar-refractivity contribution in [3.8, 4) is 0 Å². The number of carbonyl (C=O) groups excluding carboxylic acids is 1. The van der Waals surface area contributed by atoms with E-state index in [1.807, 2.05) is 25.1 Å². The first-order valence-corrected chi connectivity index (χ1v) is 8.00. The largest absolute Gasteiger partial charge is 0.383 e. The Kier molecular flexibility index (Phi) is 10.7. The van der Waals surface area contributed by atoms with Crippen LogP contribution in [0.3, 0.4) is 0 Å². The maximum Gasteiger partial charge on any atom is 0.234 e. The van der Waals surface area contributed by atoms with E-state index in [4.69, 9.17) is 9.72 Å². The van der Waals surface area contributed by atoms with Crippen LogP contribution in [0.4, 0.5) is 0 Å². The molecule has 1 heterocycles. The molecule has 1 aromatic heterocycles. The van der Waals surface area contributed by atoms with Crippen molar-refractivity contribution in [1.29, 1.82) is 0 Å². The van der Waals surface area contributed by atoms with Gasteiger partial charge in [0, 0.05) is 19.7 Å². The van der Waals surface area contributed by atoms with Crippen molar-refractivity contribution >= 4 is 41.8 Å². The molecule has 0 saturated heterocycles. The van der Waals surface area contributed by atoms with Crippen LogP contribution in [0.1, 0.15) is 38.7 Å². The first-order chi connectivity index (χ1) is 11.0. The summed E-state index contributed by atoms with van der Waals surface area (Å²) in [5, 5.41) is 6.05. The van der Waals surface area contributed by atoms with Crippen LogP contribution in [0.2, 0.25) is 0 Å². The quantitative estimate of drug-likeness (QED) is 0.679. The fourth-order valence-corrected chi connectivity index (χ4v) is 2.64. The van der Waals surface area contributed by atoms with Gasteiger partial charge >= 0.3 is 0 Å². The highest BCUT2D eigenvalue weighted by Crippen LogP contribution is 2.24. The highest BCUT2D eigenvalue weighted by Gasteiger charge is 2.19. The highest BCUT2D eigenvalue weighted by molar-refractivity contribution is 5.85. The van der Waals surface area contributed by atoms with Crippen molar-refractivity contribution in [2.75, 3.05) is 26.8 Å². The number of hydrogen-bond acceptors (Lipinski definition) is 4. The zero-order valence-corrected chi connectivity index (χ0v) is 16.7. The lowest BCUT2D eigenvalue weighted by molar-refractivity contribution is -0.121. The van der Waals surface area contributed by atoms with Gasteiger partial charge in [-0.15, -0.1) is 24.8 Å². The van der Waals surface area contributed by atoms with Gasteiger partial charge in [0.1, 0.15) is 5.82 Å². The van der Waals surface area contributed by atoms with Crippen molar-refractivity contribution in [2.45, 2.75) is 32.9 Å². The summed E-state index contributed by atoms with van der Waals surface area (Å²) in [6.07, 6.45) is 0. The van der Waals surface area contributed by atoms with Crippen molar-refractivity contribution in [3.05, 3.63) is 30.1 Å². The lowest BCUT2D eigenvalue weighted by Crippen LogP contribution is -2.37. The van der Waals surface area contributed by atoms with E-state index >= 15 is 0 Å². The molecule has 1 atom stereocenters. The summed E-state index contributed by atoms with van der Waals surface area (Å²) in [6.45, 7) is 7.73. The van der Waals surface area contributed by atoms with Crippen molar-refractivity contribution in [3.63, 3.8) is 0 Å². The van der Waals surface area contributed by atoms with Gasteiger partial charge in [0.15, 0.2) is 0 Å². The molecule has 2 N–H and O–H groups in total. The average Bonchev–Trinajstić information content (AvgIpc) is 2.91. The molecule has 0 aliphatic carbocycles. The summed E-state index contributed by atoms with van der Waals surface area (Å²) in [4.78, 5) is 16.7. The van der Waals surface area contributed by atoms with Crippen LogP contribution in [0, 0.1) is 0 Å². The molecule has 25 heavy (non-hydrogen) atoms. The van der Waals surface area contributed by atoms with Gasteiger partial charge in [-0.05, 0) is 32.9 Å². The number of amides is 1. The molecule has 1 aromatic carbocycles. The van der Waals surface area contributed by atoms with Gasteiger partial charge in [0.25, 0.3) is 0 Å². The van der Waals surface area contributed by atoms with Gasteiger partial charge in [0.05, 0.1) is 30.2 Å². The van der Waals surface area contributed by atoms with E-state index in [0.29, 0.717) is 13.2 Å². The second kappa shape index (κ2) is 11.3. The molecule has 8 heteroatoms. The molecular formula is C17H28Cl2N4O2. The summed E-state index contributed by atoms with van der Waals surface area (Å²) in [5.74, 6) is 0.836. The Hall–Kier alpha value is -1.34. The van der Waals surface area contributed by atoms with Gasteiger partial charge < -0.3 is 19.9 Å². The van der Waals surface area contributed by atoms with Crippen LogP contribution >= 0.6 is 24.8 Å². The van der Waals surface area contributed by atoms with Crippen LogP contribution in [0.5, 0.6) is 0 Å². The van der Waals surface area contributed by atoms with E-state index in [2.05, 4.69) is 35.1 Å². The Morgan fingerprint density at radius 2 is 1.92 bits per heavy atom. The smallest absolute Gasteiger partial charge is 0.234 e. The summed E-state index contributed by atoms with van der Waals surface area (Å²) in [6, 6.07) is 8.17. The molecule has 6 nitrogen and oxygen atoms in total. The Bertz CT molecular complexity index is 661. The van der Waals surface area contributed by atoms with Gasteiger partial charge in [-0.25, -0.2) is 4.98 Å². The molecule has 0 bridgehead atoms. The number of rotatable bonds is 8. The third kappa shape index (κ3) is 6.15. The monoisotopic (exact) mass is 390 g/mol. The van der Waals surface area contributed by atoms with Gasteiger partial charge in [0.2, 0.25) is 5.91 Å². The first-order valence-electron chi connectivity index (χ1n) is 8.00. The lowest BCUT2D eigenvalue weighted by Gasteiger charge is -2.19. The van der Waals surface area contributed by atoms with Gasteiger partial charge in [-0.2, -0.15) is 0 Å². The minimum atomic E-state index is -0.151. The standard InChI is InChI=1S/C17H26N4O2.2ClH/c1-12(2)21-15-8-6-5-7-14(15)20-17(21)13(3)19-16(22)11-18-9-10-23-4;;/h5-8,12-13,18H,9-11H2,1-4H3,(H,19,22);2*1H. The Labute approximate surface area is 161 Å². The molecule has 0 fully saturated rings. The van der Waals surface area contributed by atoms with E-state index in [0.717, 1.165) is 16.9 Å². The molecule has 0 radical (unpaired) electrons. The number of hydrogen-bond donors (Lipinski definition) is 2. The second-order valence-electron chi connectivity index (χ2n) is 5.88. The van der Waals surface area contributed by atoms with E-state index in [-0.39, 0.29) is 49.3 Å². The number of carbonyl (C=O) groups is 1. The fourth-order valence-electron chi connectivity index (χ4n) is 2.64. The topological polar surface area (TPSA) is 68.2 Å². The van der Waals surface area contributed by atoms with Crippen LogP contribution in [-0.4, -0.2) is 42.3 Å². The number of methoxy groups -OCH3 is 1. The number of nitrogens with zero attached hydrogens (tertiary/aromatic N) is 2. The first kappa shape index (κ1) is 23.7. The predicted molar refractivity (Wildman–Crippen MR) is 106 cm³/mol. The maximum atomic E-state index is 12.0. The molecule has 2 aromatic rings. The summed E-state index contributed by atoms with van der Waals surface area (Å²) in [7, 11) is 1.64. The van der Waals surface area contributed by atoms with E-state index in [1.54, 1.807) is 7.11 Å². The molecule has 0 saturated carbocycles. The SMILES string of the molecule is COCCNCC(=O)NC(C)c1nc2ccccc2n1C(C)C.Cl.Cl. The second-order valence-corrected chi connectivity index (χ2v) is 5.88. The van der Waals surface area contributed by atoms with Crippen molar-refractivity contribution in [1.82, 2.24) is 20.2 Å². The summed E-state index contributed by atoms with van der Waals surface area (Å²) in [5.41, 5.74) is 2.05. The summed E-state index contributed by atoms with van der Waals surface area (Å²) < 4.78 is 7.12. The summed E-state index contributed by atoms with van der Waals surface area (Å²) >= 11 is 0. The number of nitrogens with one attached hydrogen (secondary N) is 2. The lowest BCUT2D eigenvalue weighted by atomic mass is 10.2. The Morgan fingerprint density at radius 3 is 2.56 bits per heavy atom. The van der Waals surface area contributed by atoms with Crippen molar-refractivity contribution < 1.29 is 9.53 Å². The maximum absolute atomic E-state index is 12.0. The Morgan fingerprint density at radius 1 is 1.24 bits per heavy atom. The number of halogens is 2. The Balaban J connectivity index is 0.00000288. The van der Waals surface area contributed by atoms with E-state index < -0.39 is 0 Å². The van der Waals surface area contributed by atoms with E-state index in [9.17, 15) is 4.79 Å². The van der Waals surface area contributed by atoms with Crippen LogP contribution in [0.25, 0.3) is 11.0 Å².